The van der Waals surface area contributed by atoms with Gasteiger partial charge >= 0.3 is 12.0 Å². The van der Waals surface area contributed by atoms with E-state index >= 15 is 0 Å². The third kappa shape index (κ3) is 7.35. The van der Waals surface area contributed by atoms with Crippen molar-refractivity contribution in [2.75, 3.05) is 26.2 Å². The summed E-state index contributed by atoms with van der Waals surface area (Å²) in [5, 5.41) is 4.90. The molecule has 14 heavy (non-hydrogen) atoms. The highest BCUT2D eigenvalue weighted by molar-refractivity contribution is 5.80. The van der Waals surface area contributed by atoms with Crippen LogP contribution in [0.3, 0.4) is 0 Å². The van der Waals surface area contributed by atoms with Crippen LogP contribution in [0.4, 0.5) is 4.79 Å². The van der Waals surface area contributed by atoms with E-state index in [1.165, 1.54) is 0 Å². The Balaban J connectivity index is 3.39. The molecule has 0 rings (SSSR count). The first-order valence-corrected chi connectivity index (χ1v) is 4.58. The summed E-state index contributed by atoms with van der Waals surface area (Å²) in [7, 11) is 0. The maximum absolute atomic E-state index is 11.0. The first-order chi connectivity index (χ1) is 6.70. The van der Waals surface area contributed by atoms with Crippen molar-refractivity contribution >= 4 is 12.0 Å². The van der Waals surface area contributed by atoms with Crippen molar-refractivity contribution in [3.63, 3.8) is 0 Å². The number of rotatable bonds is 6. The van der Waals surface area contributed by atoms with Gasteiger partial charge in [0.25, 0.3) is 0 Å². The molecule has 2 amide bonds. The van der Waals surface area contributed by atoms with Crippen LogP contribution in [0.1, 0.15) is 13.3 Å². The Labute approximate surface area is 83.2 Å². The zero-order valence-corrected chi connectivity index (χ0v) is 8.34. The zero-order valence-electron chi connectivity index (χ0n) is 8.34. The summed E-state index contributed by atoms with van der Waals surface area (Å²) < 4.78 is 4.62. The number of urea groups is 1. The highest BCUT2D eigenvalue weighted by Gasteiger charge is 2.03. The maximum atomic E-state index is 11.0. The fourth-order valence-corrected chi connectivity index (χ4v) is 0.731. The summed E-state index contributed by atoms with van der Waals surface area (Å²) >= 11 is 0. The first-order valence-electron chi connectivity index (χ1n) is 4.58. The summed E-state index contributed by atoms with van der Waals surface area (Å²) in [6.45, 7) is 2.94. The Morgan fingerprint density at radius 3 is 2.64 bits per heavy atom. The third-order valence-corrected chi connectivity index (χ3v) is 1.37. The smallest absolute Gasteiger partial charge is 0.325 e. The number of ether oxygens (including phenoxy) is 1. The molecule has 6 nitrogen and oxygen atoms in total. The fraction of sp³-hybridized carbons (Fsp3) is 0.750. The van der Waals surface area contributed by atoms with Crippen molar-refractivity contribution < 1.29 is 14.3 Å². The van der Waals surface area contributed by atoms with Gasteiger partial charge in [0.1, 0.15) is 6.54 Å². The Bertz CT molecular complexity index is 185. The van der Waals surface area contributed by atoms with Crippen LogP contribution >= 0.6 is 0 Å². The predicted molar refractivity (Wildman–Crippen MR) is 51.7 cm³/mol. The molecule has 0 aromatic heterocycles. The van der Waals surface area contributed by atoms with E-state index in [1.54, 1.807) is 6.92 Å². The number of hydrogen-bond donors (Lipinski definition) is 3. The maximum Gasteiger partial charge on any atom is 0.325 e. The summed E-state index contributed by atoms with van der Waals surface area (Å²) in [5.41, 5.74) is 5.23. The van der Waals surface area contributed by atoms with Crippen molar-refractivity contribution in [3.05, 3.63) is 0 Å². The average molecular weight is 203 g/mol. The van der Waals surface area contributed by atoms with Gasteiger partial charge in [-0.25, -0.2) is 4.79 Å². The summed E-state index contributed by atoms with van der Waals surface area (Å²) in [4.78, 5) is 21.7. The molecule has 0 unspecified atom stereocenters. The van der Waals surface area contributed by atoms with E-state index in [4.69, 9.17) is 5.73 Å². The van der Waals surface area contributed by atoms with E-state index < -0.39 is 5.97 Å². The lowest BCUT2D eigenvalue weighted by Crippen LogP contribution is -2.39. The van der Waals surface area contributed by atoms with E-state index in [-0.39, 0.29) is 12.6 Å². The summed E-state index contributed by atoms with van der Waals surface area (Å²) in [6, 6.07) is -0.383. The number of hydrogen-bond acceptors (Lipinski definition) is 4. The van der Waals surface area contributed by atoms with Gasteiger partial charge in [0, 0.05) is 6.54 Å². The highest BCUT2D eigenvalue weighted by atomic mass is 16.5. The number of amides is 2. The van der Waals surface area contributed by atoms with Crippen molar-refractivity contribution in [2.24, 2.45) is 5.73 Å². The molecular formula is C8H17N3O3. The molecule has 0 aliphatic heterocycles. The van der Waals surface area contributed by atoms with Crippen molar-refractivity contribution in [2.45, 2.75) is 13.3 Å². The number of carbonyl (C=O) groups is 2. The van der Waals surface area contributed by atoms with E-state index in [2.05, 4.69) is 15.4 Å². The Hall–Kier alpha value is -1.30. The molecule has 4 N–H and O–H groups in total. The minimum absolute atomic E-state index is 0.109. The second-order valence-electron chi connectivity index (χ2n) is 2.56. The SMILES string of the molecule is CCOC(=O)CNC(=O)NCCCN. The van der Waals surface area contributed by atoms with Gasteiger partial charge in [0.05, 0.1) is 6.61 Å². The molecule has 0 bridgehead atoms. The molecule has 0 radical (unpaired) electrons. The molecule has 0 spiro atoms. The molecule has 0 saturated carbocycles. The molecule has 0 aromatic rings. The molecular weight excluding hydrogens is 186 g/mol. The van der Waals surface area contributed by atoms with E-state index in [9.17, 15) is 9.59 Å². The van der Waals surface area contributed by atoms with E-state index in [0.29, 0.717) is 26.1 Å². The molecule has 0 aliphatic carbocycles. The van der Waals surface area contributed by atoms with Gasteiger partial charge in [-0.3, -0.25) is 4.79 Å². The predicted octanol–water partition coefficient (Wildman–Crippen LogP) is -0.802. The number of carbonyl (C=O) groups excluding carboxylic acids is 2. The van der Waals surface area contributed by atoms with Gasteiger partial charge in [-0.1, -0.05) is 0 Å². The third-order valence-electron chi connectivity index (χ3n) is 1.37. The Morgan fingerprint density at radius 1 is 1.36 bits per heavy atom. The van der Waals surface area contributed by atoms with Crippen LogP contribution in [0.25, 0.3) is 0 Å². The number of nitrogens with one attached hydrogen (secondary N) is 2. The van der Waals surface area contributed by atoms with Crippen LogP contribution in [0.2, 0.25) is 0 Å². The fourth-order valence-electron chi connectivity index (χ4n) is 0.731. The van der Waals surface area contributed by atoms with Crippen LogP contribution in [0.5, 0.6) is 0 Å². The van der Waals surface area contributed by atoms with Gasteiger partial charge in [0.15, 0.2) is 0 Å². The van der Waals surface area contributed by atoms with Crippen molar-refractivity contribution in [1.82, 2.24) is 10.6 Å². The largest absolute Gasteiger partial charge is 0.465 e. The summed E-state index contributed by atoms with van der Waals surface area (Å²) in [5.74, 6) is -0.443. The zero-order chi connectivity index (χ0) is 10.8. The van der Waals surface area contributed by atoms with E-state index in [0.717, 1.165) is 0 Å². The molecule has 0 aliphatic rings. The number of nitrogens with two attached hydrogens (primary N) is 1. The van der Waals surface area contributed by atoms with E-state index in [1.807, 2.05) is 0 Å². The van der Waals surface area contributed by atoms with Gasteiger partial charge in [-0.2, -0.15) is 0 Å². The lowest BCUT2D eigenvalue weighted by molar-refractivity contribution is -0.141. The molecule has 6 heteroatoms. The van der Waals surface area contributed by atoms with Crippen molar-refractivity contribution in [3.8, 4) is 0 Å². The lowest BCUT2D eigenvalue weighted by atomic mass is 10.4. The van der Waals surface area contributed by atoms with Crippen LogP contribution < -0.4 is 16.4 Å². The highest BCUT2D eigenvalue weighted by Crippen LogP contribution is 1.76. The Morgan fingerprint density at radius 2 is 2.07 bits per heavy atom. The molecule has 0 fully saturated rings. The van der Waals surface area contributed by atoms with Gasteiger partial charge in [0.2, 0.25) is 0 Å². The lowest BCUT2D eigenvalue weighted by Gasteiger charge is -2.06. The second-order valence-corrected chi connectivity index (χ2v) is 2.56. The van der Waals surface area contributed by atoms with Gasteiger partial charge in [-0.05, 0) is 19.9 Å². The molecule has 0 heterocycles. The van der Waals surface area contributed by atoms with Crippen LogP contribution in [0, 0.1) is 0 Å². The quantitative estimate of drug-likeness (QED) is 0.389. The van der Waals surface area contributed by atoms with Gasteiger partial charge in [-0.15, -0.1) is 0 Å². The average Bonchev–Trinajstić information content (AvgIpc) is 2.16. The molecule has 0 saturated heterocycles. The minimum atomic E-state index is -0.443. The van der Waals surface area contributed by atoms with Crippen LogP contribution in [-0.2, 0) is 9.53 Å². The minimum Gasteiger partial charge on any atom is -0.465 e. The number of esters is 1. The molecule has 0 aromatic carbocycles. The van der Waals surface area contributed by atoms with Crippen molar-refractivity contribution in [1.29, 1.82) is 0 Å². The first kappa shape index (κ1) is 12.7. The molecule has 0 atom stereocenters. The Kier molecular flexibility index (Phi) is 7.53. The van der Waals surface area contributed by atoms with Crippen LogP contribution in [0.15, 0.2) is 0 Å². The standard InChI is InChI=1S/C8H17N3O3/c1-2-14-7(12)6-11-8(13)10-5-3-4-9/h2-6,9H2,1H3,(H2,10,11,13). The van der Waals surface area contributed by atoms with Gasteiger partial charge < -0.3 is 21.1 Å². The summed E-state index contributed by atoms with van der Waals surface area (Å²) in [6.07, 6.45) is 0.715. The topological polar surface area (TPSA) is 93.4 Å². The normalized spacial score (nSPS) is 9.29. The van der Waals surface area contributed by atoms with Crippen LogP contribution in [-0.4, -0.2) is 38.2 Å². The second kappa shape index (κ2) is 8.31. The monoisotopic (exact) mass is 203 g/mol. The molecule has 82 valence electrons.